The molecule has 2 N–H and O–H groups in total. The number of aromatic nitrogens is 2. The molecule has 2 heterocycles. The lowest BCUT2D eigenvalue weighted by atomic mass is 10.1. The smallest absolute Gasteiger partial charge is 0.336 e. The van der Waals surface area contributed by atoms with Gasteiger partial charge >= 0.3 is 11.7 Å². The third-order valence-electron chi connectivity index (χ3n) is 4.80. The minimum atomic E-state index is -0.379. The van der Waals surface area contributed by atoms with Crippen LogP contribution >= 0.6 is 0 Å². The van der Waals surface area contributed by atoms with Gasteiger partial charge in [-0.3, -0.25) is 4.68 Å². The number of fused-ring (bicyclic) bond motifs is 1. The van der Waals surface area contributed by atoms with E-state index in [1.807, 2.05) is 45.4 Å². The molecule has 0 aliphatic rings. The Labute approximate surface area is 157 Å². The average molecular weight is 368 g/mol. The average Bonchev–Trinajstić information content (AvgIpc) is 2.87. The fraction of sp³-hybridized carbons (Fsp3) is 0.350. The van der Waals surface area contributed by atoms with Crippen LogP contribution in [0.2, 0.25) is 0 Å². The molecule has 27 heavy (non-hydrogen) atoms. The van der Waals surface area contributed by atoms with E-state index in [1.54, 1.807) is 6.07 Å². The molecule has 0 bridgehead atoms. The Morgan fingerprint density at radius 2 is 1.89 bits per heavy atom. The summed E-state index contributed by atoms with van der Waals surface area (Å²) in [5, 5.41) is 11.0. The van der Waals surface area contributed by atoms with Crippen LogP contribution in [-0.4, -0.2) is 15.8 Å². The topological polar surface area (TPSA) is 89.2 Å². The minimum Gasteiger partial charge on any atom is -0.423 e. The summed E-state index contributed by atoms with van der Waals surface area (Å²) < 4.78 is 7.16. The van der Waals surface area contributed by atoms with Crippen LogP contribution in [0.25, 0.3) is 11.0 Å². The molecule has 0 spiro atoms. The van der Waals surface area contributed by atoms with Gasteiger partial charge in [-0.2, -0.15) is 5.10 Å². The lowest BCUT2D eigenvalue weighted by Crippen LogP contribution is -2.29. The van der Waals surface area contributed by atoms with Crippen molar-refractivity contribution in [1.82, 2.24) is 15.1 Å². The monoisotopic (exact) mass is 368 g/mol. The van der Waals surface area contributed by atoms with Gasteiger partial charge in [0.1, 0.15) is 5.58 Å². The van der Waals surface area contributed by atoms with Crippen molar-refractivity contribution in [1.29, 1.82) is 0 Å². The summed E-state index contributed by atoms with van der Waals surface area (Å²) >= 11 is 0. The molecule has 0 aliphatic carbocycles. The number of carbonyl (C=O) groups is 1. The molecule has 3 rings (SSSR count). The number of rotatable bonds is 4. The van der Waals surface area contributed by atoms with E-state index in [2.05, 4.69) is 15.7 Å². The van der Waals surface area contributed by atoms with Gasteiger partial charge in [0.2, 0.25) is 0 Å². The van der Waals surface area contributed by atoms with Gasteiger partial charge in [0.15, 0.2) is 0 Å². The van der Waals surface area contributed by atoms with Crippen LogP contribution in [0.4, 0.5) is 10.5 Å². The van der Waals surface area contributed by atoms with Gasteiger partial charge in [-0.1, -0.05) is 0 Å². The maximum Gasteiger partial charge on any atom is 0.336 e. The summed E-state index contributed by atoms with van der Waals surface area (Å²) in [6, 6.07) is 4.74. The Morgan fingerprint density at radius 1 is 1.15 bits per heavy atom. The lowest BCUT2D eigenvalue weighted by molar-refractivity contribution is 0.251. The number of nitrogens with one attached hydrogen (secondary N) is 2. The van der Waals surface area contributed by atoms with Crippen molar-refractivity contribution in [2.45, 2.75) is 47.7 Å². The highest BCUT2D eigenvalue weighted by molar-refractivity contribution is 5.94. The highest BCUT2D eigenvalue weighted by atomic mass is 16.4. The zero-order valence-corrected chi connectivity index (χ0v) is 16.3. The number of hydrogen-bond acceptors (Lipinski definition) is 4. The first-order chi connectivity index (χ1) is 12.8. The van der Waals surface area contributed by atoms with E-state index in [-0.39, 0.29) is 11.7 Å². The quantitative estimate of drug-likeness (QED) is 0.689. The van der Waals surface area contributed by atoms with Crippen LogP contribution in [0, 0.1) is 27.7 Å². The summed E-state index contributed by atoms with van der Waals surface area (Å²) in [5.74, 6) is 0. The molecule has 0 fully saturated rings. The third-order valence-corrected chi connectivity index (χ3v) is 4.80. The number of nitrogens with zero attached hydrogens (tertiary/aromatic N) is 2. The Balaban J connectivity index is 1.77. The van der Waals surface area contributed by atoms with E-state index < -0.39 is 0 Å². The number of urea groups is 1. The van der Waals surface area contributed by atoms with Gasteiger partial charge in [0, 0.05) is 41.5 Å². The molecule has 7 nitrogen and oxygen atoms in total. The Hall–Kier alpha value is -3.09. The maximum absolute atomic E-state index is 12.4. The second-order valence-corrected chi connectivity index (χ2v) is 6.68. The minimum absolute atomic E-state index is 0.296. The molecule has 142 valence electrons. The first kappa shape index (κ1) is 18.7. The molecule has 0 saturated heterocycles. The van der Waals surface area contributed by atoms with Crippen molar-refractivity contribution in [2.75, 3.05) is 5.32 Å². The van der Waals surface area contributed by atoms with Gasteiger partial charge in [-0.25, -0.2) is 9.59 Å². The fourth-order valence-corrected chi connectivity index (χ4v) is 3.23. The number of carbonyl (C=O) groups excluding carboxylic acids is 1. The van der Waals surface area contributed by atoms with Crippen molar-refractivity contribution in [3.63, 3.8) is 0 Å². The summed E-state index contributed by atoms with van der Waals surface area (Å²) in [6.45, 7) is 10.9. The number of hydrogen-bond donors (Lipinski definition) is 2. The first-order valence-electron chi connectivity index (χ1n) is 8.93. The molecule has 2 aromatic heterocycles. The molecule has 1 aromatic carbocycles. The molecule has 2 amide bonds. The Morgan fingerprint density at radius 3 is 2.56 bits per heavy atom. The van der Waals surface area contributed by atoms with Crippen molar-refractivity contribution in [3.8, 4) is 0 Å². The lowest BCUT2D eigenvalue weighted by Gasteiger charge is -2.12. The Bertz CT molecular complexity index is 1080. The molecule has 0 saturated carbocycles. The number of aryl methyl sites for hydroxylation is 4. The van der Waals surface area contributed by atoms with Gasteiger partial charge in [0.05, 0.1) is 5.69 Å². The molecular formula is C20H24N4O3. The predicted molar refractivity (Wildman–Crippen MR) is 105 cm³/mol. The second-order valence-electron chi connectivity index (χ2n) is 6.68. The van der Waals surface area contributed by atoms with E-state index >= 15 is 0 Å². The molecule has 0 aliphatic heterocycles. The maximum atomic E-state index is 12.4. The molecule has 0 unspecified atom stereocenters. The molecule has 0 radical (unpaired) electrons. The summed E-state index contributed by atoms with van der Waals surface area (Å²) in [4.78, 5) is 23.9. The largest absolute Gasteiger partial charge is 0.423 e. The number of anilines is 1. The summed E-state index contributed by atoms with van der Waals surface area (Å²) in [7, 11) is 0. The van der Waals surface area contributed by atoms with Crippen LogP contribution in [0.3, 0.4) is 0 Å². The summed E-state index contributed by atoms with van der Waals surface area (Å²) in [6.07, 6.45) is 0. The normalized spacial score (nSPS) is 11.0. The number of benzene rings is 1. The first-order valence-corrected chi connectivity index (χ1v) is 8.93. The van der Waals surface area contributed by atoms with Crippen LogP contribution in [0.1, 0.15) is 35.0 Å². The standard InChI is InChI=1S/C20H24N4O3/c1-6-24-14(5)16(13(4)23-24)10-21-20(26)22-17-9-15-11(2)8-19(25)27-18(15)7-12(17)3/h7-9H,6,10H2,1-5H3,(H2,21,22,26). The van der Waals surface area contributed by atoms with Crippen molar-refractivity contribution in [3.05, 3.63) is 56.7 Å². The van der Waals surface area contributed by atoms with E-state index in [4.69, 9.17) is 4.42 Å². The number of amides is 2. The third kappa shape index (κ3) is 3.72. The molecule has 3 aromatic rings. The van der Waals surface area contributed by atoms with Gasteiger partial charge < -0.3 is 15.1 Å². The highest BCUT2D eigenvalue weighted by Gasteiger charge is 2.13. The van der Waals surface area contributed by atoms with Crippen molar-refractivity contribution in [2.24, 2.45) is 0 Å². The molecule has 7 heteroatoms. The predicted octanol–water partition coefficient (Wildman–Crippen LogP) is 3.56. The van der Waals surface area contributed by atoms with Crippen LogP contribution < -0.4 is 16.3 Å². The van der Waals surface area contributed by atoms with Gasteiger partial charge in [-0.05, 0) is 57.9 Å². The summed E-state index contributed by atoms with van der Waals surface area (Å²) in [5.41, 5.74) is 5.44. The molecule has 0 atom stereocenters. The van der Waals surface area contributed by atoms with Crippen molar-refractivity contribution < 1.29 is 9.21 Å². The van der Waals surface area contributed by atoms with Crippen LogP contribution in [0.15, 0.2) is 27.4 Å². The van der Waals surface area contributed by atoms with Crippen LogP contribution in [0.5, 0.6) is 0 Å². The van der Waals surface area contributed by atoms with Crippen molar-refractivity contribution >= 4 is 22.7 Å². The Kier molecular flexibility index (Phi) is 5.03. The fourth-order valence-electron chi connectivity index (χ4n) is 3.23. The van der Waals surface area contributed by atoms with Gasteiger partial charge in [-0.15, -0.1) is 0 Å². The van der Waals surface area contributed by atoms with E-state index in [1.165, 1.54) is 6.07 Å². The van der Waals surface area contributed by atoms with Crippen LogP contribution in [-0.2, 0) is 13.1 Å². The second kappa shape index (κ2) is 7.26. The molecular weight excluding hydrogens is 344 g/mol. The van der Waals surface area contributed by atoms with Gasteiger partial charge in [0.25, 0.3) is 0 Å². The highest BCUT2D eigenvalue weighted by Crippen LogP contribution is 2.25. The van der Waals surface area contributed by atoms with E-state index in [0.717, 1.165) is 40.0 Å². The zero-order chi connectivity index (χ0) is 19.7. The zero-order valence-electron chi connectivity index (χ0n) is 16.3. The SMILES string of the molecule is CCn1nc(C)c(CNC(=O)Nc2cc3c(C)cc(=O)oc3cc2C)c1C. The van der Waals surface area contributed by atoms with E-state index in [0.29, 0.717) is 17.8 Å². The van der Waals surface area contributed by atoms with E-state index in [9.17, 15) is 9.59 Å².